The first-order valence-electron chi connectivity index (χ1n) is 8.97. The standard InChI is InChI=1S/C21H26ClNO2/c1-17-4-2-5-18(14-17)16-25-21-8-7-20(22)15-19(21)6-3-9-23-10-12-24-13-11-23/h2,4-5,7-8,14-15H,3,6,9-13,16H2,1H3. The van der Waals surface area contributed by atoms with Crippen LogP contribution in [0.25, 0.3) is 0 Å². The fourth-order valence-electron chi connectivity index (χ4n) is 3.17. The Labute approximate surface area is 155 Å². The molecule has 4 heteroatoms. The van der Waals surface area contributed by atoms with Gasteiger partial charge in [0.2, 0.25) is 0 Å². The summed E-state index contributed by atoms with van der Waals surface area (Å²) >= 11 is 6.20. The van der Waals surface area contributed by atoms with Crippen LogP contribution in [0, 0.1) is 6.92 Å². The van der Waals surface area contributed by atoms with Crippen molar-refractivity contribution in [3.8, 4) is 5.75 Å². The Morgan fingerprint density at radius 3 is 2.76 bits per heavy atom. The van der Waals surface area contributed by atoms with Crippen LogP contribution in [-0.2, 0) is 17.8 Å². The summed E-state index contributed by atoms with van der Waals surface area (Å²) < 4.78 is 11.5. The van der Waals surface area contributed by atoms with E-state index in [0.717, 1.165) is 56.5 Å². The molecule has 2 aromatic rings. The van der Waals surface area contributed by atoms with E-state index in [1.807, 2.05) is 18.2 Å². The molecule has 1 aliphatic heterocycles. The lowest BCUT2D eigenvalue weighted by Crippen LogP contribution is -2.36. The maximum atomic E-state index is 6.20. The highest BCUT2D eigenvalue weighted by Gasteiger charge is 2.11. The van der Waals surface area contributed by atoms with Gasteiger partial charge in [0, 0.05) is 18.1 Å². The second-order valence-corrected chi connectivity index (χ2v) is 7.02. The first-order chi connectivity index (χ1) is 12.2. The molecule has 0 saturated carbocycles. The number of halogens is 1. The molecule has 3 rings (SSSR count). The van der Waals surface area contributed by atoms with Crippen LogP contribution in [-0.4, -0.2) is 37.7 Å². The molecular formula is C21H26ClNO2. The molecule has 25 heavy (non-hydrogen) atoms. The highest BCUT2D eigenvalue weighted by molar-refractivity contribution is 6.30. The Kier molecular flexibility index (Phi) is 6.74. The molecule has 1 heterocycles. The number of rotatable bonds is 7. The lowest BCUT2D eigenvalue weighted by Gasteiger charge is -2.26. The Morgan fingerprint density at radius 1 is 1.12 bits per heavy atom. The van der Waals surface area contributed by atoms with E-state index >= 15 is 0 Å². The summed E-state index contributed by atoms with van der Waals surface area (Å²) in [5, 5.41) is 0.768. The van der Waals surface area contributed by atoms with Gasteiger partial charge in [-0.1, -0.05) is 41.4 Å². The van der Waals surface area contributed by atoms with Gasteiger partial charge in [-0.2, -0.15) is 0 Å². The van der Waals surface area contributed by atoms with Gasteiger partial charge in [0.15, 0.2) is 0 Å². The summed E-state index contributed by atoms with van der Waals surface area (Å²) in [6.07, 6.45) is 2.07. The van der Waals surface area contributed by atoms with Crippen LogP contribution in [0.3, 0.4) is 0 Å². The molecule has 0 bridgehead atoms. The van der Waals surface area contributed by atoms with Gasteiger partial charge >= 0.3 is 0 Å². The maximum absolute atomic E-state index is 6.20. The molecule has 0 amide bonds. The summed E-state index contributed by atoms with van der Waals surface area (Å²) in [4.78, 5) is 2.46. The van der Waals surface area contributed by atoms with E-state index in [9.17, 15) is 0 Å². The lowest BCUT2D eigenvalue weighted by atomic mass is 10.1. The number of aryl methyl sites for hydroxylation is 2. The highest BCUT2D eigenvalue weighted by atomic mass is 35.5. The van der Waals surface area contributed by atoms with Crippen molar-refractivity contribution in [2.45, 2.75) is 26.4 Å². The average Bonchev–Trinajstić information content (AvgIpc) is 2.62. The van der Waals surface area contributed by atoms with E-state index in [1.165, 1.54) is 16.7 Å². The third-order valence-electron chi connectivity index (χ3n) is 4.52. The Balaban J connectivity index is 1.57. The SMILES string of the molecule is Cc1cccc(COc2ccc(Cl)cc2CCCN2CCOCC2)c1. The summed E-state index contributed by atoms with van der Waals surface area (Å²) in [7, 11) is 0. The van der Waals surface area contributed by atoms with Gasteiger partial charge in [0.25, 0.3) is 0 Å². The van der Waals surface area contributed by atoms with Gasteiger partial charge < -0.3 is 9.47 Å². The minimum absolute atomic E-state index is 0.583. The predicted octanol–water partition coefficient (Wildman–Crippen LogP) is 4.49. The number of hydrogen-bond acceptors (Lipinski definition) is 3. The molecule has 0 N–H and O–H groups in total. The normalized spacial score (nSPS) is 15.3. The Hall–Kier alpha value is -1.55. The molecule has 0 spiro atoms. The van der Waals surface area contributed by atoms with Crippen LogP contribution in [0.1, 0.15) is 23.1 Å². The molecule has 1 saturated heterocycles. The zero-order valence-corrected chi connectivity index (χ0v) is 15.6. The molecule has 1 aliphatic rings. The lowest BCUT2D eigenvalue weighted by molar-refractivity contribution is 0.0374. The summed E-state index contributed by atoms with van der Waals surface area (Å²) in [6, 6.07) is 14.4. The molecule has 1 fully saturated rings. The smallest absolute Gasteiger partial charge is 0.123 e. The number of hydrogen-bond donors (Lipinski definition) is 0. The van der Waals surface area contributed by atoms with Crippen LogP contribution in [0.15, 0.2) is 42.5 Å². The van der Waals surface area contributed by atoms with Gasteiger partial charge in [0.1, 0.15) is 12.4 Å². The van der Waals surface area contributed by atoms with Gasteiger partial charge in [-0.25, -0.2) is 0 Å². The van der Waals surface area contributed by atoms with Crippen LogP contribution in [0.5, 0.6) is 5.75 Å². The van der Waals surface area contributed by atoms with Gasteiger partial charge in [0.05, 0.1) is 13.2 Å². The van der Waals surface area contributed by atoms with E-state index in [0.29, 0.717) is 6.61 Å². The monoisotopic (exact) mass is 359 g/mol. The van der Waals surface area contributed by atoms with Crippen molar-refractivity contribution in [1.82, 2.24) is 4.90 Å². The molecular weight excluding hydrogens is 334 g/mol. The van der Waals surface area contributed by atoms with Gasteiger partial charge in [-0.15, -0.1) is 0 Å². The van der Waals surface area contributed by atoms with Crippen molar-refractivity contribution in [3.63, 3.8) is 0 Å². The highest BCUT2D eigenvalue weighted by Crippen LogP contribution is 2.25. The van der Waals surface area contributed by atoms with Gasteiger partial charge in [-0.3, -0.25) is 4.90 Å². The zero-order valence-electron chi connectivity index (χ0n) is 14.8. The van der Waals surface area contributed by atoms with Gasteiger partial charge in [-0.05, 0) is 55.6 Å². The molecule has 0 unspecified atom stereocenters. The minimum Gasteiger partial charge on any atom is -0.489 e. The molecule has 0 radical (unpaired) electrons. The molecule has 0 atom stereocenters. The Bertz CT molecular complexity index is 683. The van der Waals surface area contributed by atoms with E-state index in [1.54, 1.807) is 0 Å². The van der Waals surface area contributed by atoms with Crippen LogP contribution >= 0.6 is 11.6 Å². The van der Waals surface area contributed by atoms with Crippen molar-refractivity contribution in [3.05, 3.63) is 64.2 Å². The molecule has 0 aromatic heterocycles. The number of nitrogens with zero attached hydrogens (tertiary/aromatic N) is 1. The van der Waals surface area contributed by atoms with Crippen LogP contribution in [0.2, 0.25) is 5.02 Å². The first kappa shape index (κ1) is 18.2. The van der Waals surface area contributed by atoms with E-state index in [4.69, 9.17) is 21.1 Å². The summed E-state index contributed by atoms with van der Waals surface area (Å²) in [5.41, 5.74) is 3.63. The predicted molar refractivity (Wildman–Crippen MR) is 103 cm³/mol. The second-order valence-electron chi connectivity index (χ2n) is 6.59. The van der Waals surface area contributed by atoms with E-state index < -0.39 is 0 Å². The fourth-order valence-corrected chi connectivity index (χ4v) is 3.36. The van der Waals surface area contributed by atoms with Crippen molar-refractivity contribution in [2.24, 2.45) is 0 Å². The average molecular weight is 360 g/mol. The van der Waals surface area contributed by atoms with Crippen molar-refractivity contribution in [2.75, 3.05) is 32.8 Å². The van der Waals surface area contributed by atoms with Crippen LogP contribution < -0.4 is 4.74 Å². The van der Waals surface area contributed by atoms with Crippen LogP contribution in [0.4, 0.5) is 0 Å². The molecule has 0 aliphatic carbocycles. The van der Waals surface area contributed by atoms with Crippen molar-refractivity contribution >= 4 is 11.6 Å². The summed E-state index contributed by atoms with van der Waals surface area (Å²) in [5.74, 6) is 0.938. The minimum atomic E-state index is 0.583. The van der Waals surface area contributed by atoms with E-state index in [-0.39, 0.29) is 0 Å². The maximum Gasteiger partial charge on any atom is 0.123 e. The Morgan fingerprint density at radius 2 is 1.96 bits per heavy atom. The zero-order chi connectivity index (χ0) is 17.5. The topological polar surface area (TPSA) is 21.7 Å². The first-order valence-corrected chi connectivity index (χ1v) is 9.35. The third kappa shape index (κ3) is 5.74. The third-order valence-corrected chi connectivity index (χ3v) is 4.76. The number of morpholine rings is 1. The number of ether oxygens (including phenoxy) is 2. The largest absolute Gasteiger partial charge is 0.489 e. The quantitative estimate of drug-likeness (QED) is 0.726. The van der Waals surface area contributed by atoms with Crippen molar-refractivity contribution in [1.29, 1.82) is 0 Å². The number of benzene rings is 2. The van der Waals surface area contributed by atoms with Crippen molar-refractivity contribution < 1.29 is 9.47 Å². The molecule has 3 nitrogen and oxygen atoms in total. The van der Waals surface area contributed by atoms with E-state index in [2.05, 4.69) is 36.1 Å². The molecule has 2 aromatic carbocycles. The second kappa shape index (κ2) is 9.23. The summed E-state index contributed by atoms with van der Waals surface area (Å²) in [6.45, 7) is 7.54. The fraction of sp³-hybridized carbons (Fsp3) is 0.429. The molecule has 134 valence electrons.